The van der Waals surface area contributed by atoms with Crippen LogP contribution in [0.5, 0.6) is 0 Å². The third-order valence-electron chi connectivity index (χ3n) is 3.21. The predicted octanol–water partition coefficient (Wildman–Crippen LogP) is 0.834. The lowest BCUT2D eigenvalue weighted by Gasteiger charge is -2.49. The molecular formula is C9H18N2. The van der Waals surface area contributed by atoms with E-state index in [0.29, 0.717) is 5.54 Å². The van der Waals surface area contributed by atoms with Gasteiger partial charge in [0.15, 0.2) is 0 Å². The van der Waals surface area contributed by atoms with Gasteiger partial charge in [-0.1, -0.05) is 6.92 Å². The van der Waals surface area contributed by atoms with E-state index in [9.17, 15) is 0 Å². The fraction of sp³-hybridized carbons (Fsp3) is 1.00. The van der Waals surface area contributed by atoms with E-state index in [1.165, 1.54) is 45.4 Å². The molecule has 1 N–H and O–H groups in total. The van der Waals surface area contributed by atoms with E-state index >= 15 is 0 Å². The minimum Gasteiger partial charge on any atom is -0.309 e. The summed E-state index contributed by atoms with van der Waals surface area (Å²) in [6, 6.07) is 0. The van der Waals surface area contributed by atoms with Gasteiger partial charge in [0.1, 0.15) is 0 Å². The number of nitrogens with zero attached hydrogens (tertiary/aromatic N) is 1. The number of nitrogens with one attached hydrogen (secondary N) is 1. The van der Waals surface area contributed by atoms with Crippen LogP contribution >= 0.6 is 0 Å². The Labute approximate surface area is 69.0 Å². The average Bonchev–Trinajstić information content (AvgIpc) is 2.02. The summed E-state index contributed by atoms with van der Waals surface area (Å²) in [6.07, 6.45) is 4.25. The maximum Gasteiger partial charge on any atom is 0.0309 e. The zero-order valence-corrected chi connectivity index (χ0v) is 7.40. The topological polar surface area (TPSA) is 15.3 Å². The summed E-state index contributed by atoms with van der Waals surface area (Å²) in [6.45, 7) is 7.23. The second kappa shape index (κ2) is 2.76. The van der Waals surface area contributed by atoms with Gasteiger partial charge in [0, 0.05) is 25.2 Å². The van der Waals surface area contributed by atoms with Gasteiger partial charge >= 0.3 is 0 Å². The van der Waals surface area contributed by atoms with Crippen molar-refractivity contribution < 1.29 is 0 Å². The quantitative estimate of drug-likeness (QED) is 0.602. The minimum absolute atomic E-state index is 0.550. The molecule has 1 heterocycles. The second-order valence-corrected chi connectivity index (χ2v) is 3.93. The highest BCUT2D eigenvalue weighted by Gasteiger charge is 2.39. The molecule has 0 aromatic heterocycles. The zero-order valence-electron chi connectivity index (χ0n) is 7.40. The van der Waals surface area contributed by atoms with Crippen LogP contribution in [0.1, 0.15) is 26.2 Å². The third kappa shape index (κ3) is 1.30. The Bertz CT molecular complexity index is 140. The molecule has 0 atom stereocenters. The van der Waals surface area contributed by atoms with Gasteiger partial charge in [0.2, 0.25) is 0 Å². The molecule has 11 heavy (non-hydrogen) atoms. The Morgan fingerprint density at radius 2 is 2.27 bits per heavy atom. The molecule has 1 spiro atoms. The maximum atomic E-state index is 3.65. The van der Waals surface area contributed by atoms with Crippen LogP contribution in [-0.2, 0) is 0 Å². The van der Waals surface area contributed by atoms with Crippen molar-refractivity contribution in [1.29, 1.82) is 0 Å². The van der Waals surface area contributed by atoms with Crippen molar-refractivity contribution in [3.8, 4) is 0 Å². The van der Waals surface area contributed by atoms with Gasteiger partial charge in [-0.05, 0) is 25.8 Å². The van der Waals surface area contributed by atoms with Gasteiger partial charge in [0.05, 0.1) is 0 Å². The molecule has 2 rings (SSSR count). The van der Waals surface area contributed by atoms with E-state index in [-0.39, 0.29) is 0 Å². The van der Waals surface area contributed by atoms with Gasteiger partial charge in [-0.3, -0.25) is 0 Å². The molecule has 2 nitrogen and oxygen atoms in total. The second-order valence-electron chi connectivity index (χ2n) is 3.93. The molecule has 2 heteroatoms. The highest BCUT2D eigenvalue weighted by atomic mass is 15.2. The van der Waals surface area contributed by atoms with E-state index in [0.717, 1.165) is 0 Å². The van der Waals surface area contributed by atoms with Crippen LogP contribution in [0.4, 0.5) is 0 Å². The first-order valence-electron chi connectivity index (χ1n) is 4.82. The van der Waals surface area contributed by atoms with Gasteiger partial charge in [0.25, 0.3) is 0 Å². The number of rotatable bonds is 1. The van der Waals surface area contributed by atoms with E-state index < -0.39 is 0 Å². The SMILES string of the molecule is CCN1CCNC2(CCC2)C1. The van der Waals surface area contributed by atoms with Crippen LogP contribution in [-0.4, -0.2) is 36.6 Å². The van der Waals surface area contributed by atoms with Gasteiger partial charge < -0.3 is 10.2 Å². The molecule has 0 unspecified atom stereocenters. The van der Waals surface area contributed by atoms with Crippen molar-refractivity contribution in [2.75, 3.05) is 26.2 Å². The zero-order chi connectivity index (χ0) is 7.73. The first-order valence-corrected chi connectivity index (χ1v) is 4.82. The molecule has 1 aliphatic heterocycles. The Balaban J connectivity index is 1.92. The lowest BCUT2D eigenvalue weighted by atomic mass is 9.75. The van der Waals surface area contributed by atoms with E-state index in [2.05, 4.69) is 17.1 Å². The predicted molar refractivity (Wildman–Crippen MR) is 46.7 cm³/mol. The molecule has 0 aromatic rings. The Hall–Kier alpha value is -0.0800. The Morgan fingerprint density at radius 3 is 2.82 bits per heavy atom. The van der Waals surface area contributed by atoms with E-state index in [1.807, 2.05) is 0 Å². The van der Waals surface area contributed by atoms with Crippen molar-refractivity contribution in [1.82, 2.24) is 10.2 Å². The number of piperazine rings is 1. The number of likely N-dealkylation sites (N-methyl/N-ethyl adjacent to an activating group) is 1. The molecule has 2 fully saturated rings. The molecule has 1 saturated heterocycles. The van der Waals surface area contributed by atoms with Crippen molar-refractivity contribution in [3.63, 3.8) is 0 Å². The van der Waals surface area contributed by atoms with Crippen molar-refractivity contribution in [2.24, 2.45) is 0 Å². The molecule has 64 valence electrons. The standard InChI is InChI=1S/C9H18N2/c1-2-11-7-6-10-9(8-11)4-3-5-9/h10H,2-8H2,1H3. The summed E-state index contributed by atoms with van der Waals surface area (Å²) in [5.41, 5.74) is 0.550. The fourth-order valence-electron chi connectivity index (χ4n) is 2.25. The first-order chi connectivity index (χ1) is 5.35. The van der Waals surface area contributed by atoms with Crippen molar-refractivity contribution in [3.05, 3.63) is 0 Å². The number of hydrogen-bond donors (Lipinski definition) is 1. The van der Waals surface area contributed by atoms with Gasteiger partial charge in [-0.2, -0.15) is 0 Å². The van der Waals surface area contributed by atoms with Crippen LogP contribution in [0.3, 0.4) is 0 Å². The third-order valence-corrected chi connectivity index (χ3v) is 3.21. The summed E-state index contributed by atoms with van der Waals surface area (Å²) < 4.78 is 0. The monoisotopic (exact) mass is 154 g/mol. The van der Waals surface area contributed by atoms with Gasteiger partial charge in [-0.15, -0.1) is 0 Å². The van der Waals surface area contributed by atoms with Crippen LogP contribution in [0, 0.1) is 0 Å². The normalized spacial score (nSPS) is 30.3. The van der Waals surface area contributed by atoms with Crippen LogP contribution in [0.15, 0.2) is 0 Å². The van der Waals surface area contributed by atoms with Gasteiger partial charge in [-0.25, -0.2) is 0 Å². The molecule has 1 aliphatic carbocycles. The summed E-state index contributed by atoms with van der Waals surface area (Å²) in [7, 11) is 0. The Morgan fingerprint density at radius 1 is 1.45 bits per heavy atom. The summed E-state index contributed by atoms with van der Waals surface area (Å²) >= 11 is 0. The van der Waals surface area contributed by atoms with Crippen LogP contribution in [0.25, 0.3) is 0 Å². The van der Waals surface area contributed by atoms with Crippen molar-refractivity contribution >= 4 is 0 Å². The highest BCUT2D eigenvalue weighted by Crippen LogP contribution is 2.33. The smallest absolute Gasteiger partial charge is 0.0309 e. The summed E-state index contributed by atoms with van der Waals surface area (Å²) in [5.74, 6) is 0. The molecule has 0 bridgehead atoms. The lowest BCUT2D eigenvalue weighted by Crippen LogP contribution is -2.63. The Kier molecular flexibility index (Phi) is 1.90. The molecule has 0 radical (unpaired) electrons. The summed E-state index contributed by atoms with van der Waals surface area (Å²) in [5, 5.41) is 3.65. The van der Waals surface area contributed by atoms with Crippen LogP contribution < -0.4 is 5.32 Å². The average molecular weight is 154 g/mol. The molecule has 0 aromatic carbocycles. The fourth-order valence-corrected chi connectivity index (χ4v) is 2.25. The molecule has 2 aliphatic rings. The molecule has 0 amide bonds. The summed E-state index contributed by atoms with van der Waals surface area (Å²) in [4.78, 5) is 2.57. The van der Waals surface area contributed by atoms with Crippen molar-refractivity contribution in [2.45, 2.75) is 31.7 Å². The van der Waals surface area contributed by atoms with E-state index in [4.69, 9.17) is 0 Å². The number of hydrogen-bond acceptors (Lipinski definition) is 2. The minimum atomic E-state index is 0.550. The molecule has 1 saturated carbocycles. The maximum absolute atomic E-state index is 3.65. The lowest BCUT2D eigenvalue weighted by molar-refractivity contribution is 0.0746. The van der Waals surface area contributed by atoms with Crippen LogP contribution in [0.2, 0.25) is 0 Å². The largest absolute Gasteiger partial charge is 0.309 e. The molecular weight excluding hydrogens is 136 g/mol. The van der Waals surface area contributed by atoms with E-state index in [1.54, 1.807) is 0 Å². The first kappa shape index (κ1) is 7.56. The highest BCUT2D eigenvalue weighted by molar-refractivity contribution is 5.00.